The van der Waals surface area contributed by atoms with Crippen LogP contribution in [0.2, 0.25) is 0 Å². The maximum atomic E-state index is 4.62. The molecule has 0 bridgehead atoms. The number of nitrogens with zero attached hydrogens (tertiary/aromatic N) is 2. The van der Waals surface area contributed by atoms with Crippen LogP contribution in [-0.4, -0.2) is 16.3 Å². The van der Waals surface area contributed by atoms with Gasteiger partial charge in [-0.1, -0.05) is 39.0 Å². The molecule has 0 atom stereocenters. The third kappa shape index (κ3) is 3.73. The van der Waals surface area contributed by atoms with Gasteiger partial charge in [0.1, 0.15) is 0 Å². The number of aryl methyl sites for hydroxylation is 2. The predicted octanol–water partition coefficient (Wildman–Crippen LogP) is 4.02. The third-order valence-corrected chi connectivity index (χ3v) is 3.74. The highest BCUT2D eigenvalue weighted by Gasteiger charge is 2.14. The average Bonchev–Trinajstić information content (AvgIpc) is 2.81. The Morgan fingerprint density at radius 2 is 2.00 bits per heavy atom. The fraction of sp³-hybridized carbons (Fsp3) is 0.500. The van der Waals surface area contributed by atoms with Gasteiger partial charge < -0.3 is 5.32 Å². The second kappa shape index (κ2) is 6.90. The van der Waals surface area contributed by atoms with Crippen molar-refractivity contribution in [2.45, 2.75) is 46.6 Å². The summed E-state index contributed by atoms with van der Waals surface area (Å²) in [6, 6.07) is 6.75. The number of hydrogen-bond acceptors (Lipinski definition) is 2. The summed E-state index contributed by atoms with van der Waals surface area (Å²) in [5.41, 5.74) is 6.40. The van der Waals surface area contributed by atoms with Crippen LogP contribution < -0.4 is 5.32 Å². The van der Waals surface area contributed by atoms with Gasteiger partial charge in [-0.15, -0.1) is 0 Å². The van der Waals surface area contributed by atoms with E-state index >= 15 is 0 Å². The molecule has 1 N–H and O–H groups in total. The molecule has 0 fully saturated rings. The molecule has 21 heavy (non-hydrogen) atoms. The maximum Gasteiger partial charge on any atom is 0.0728 e. The quantitative estimate of drug-likeness (QED) is 0.812. The van der Waals surface area contributed by atoms with Crippen molar-refractivity contribution < 1.29 is 0 Å². The lowest BCUT2D eigenvalue weighted by Gasteiger charge is -2.11. The van der Waals surface area contributed by atoms with E-state index in [9.17, 15) is 0 Å². The molecule has 3 nitrogen and oxygen atoms in total. The summed E-state index contributed by atoms with van der Waals surface area (Å²) in [6.07, 6.45) is 3.30. The Morgan fingerprint density at radius 1 is 1.24 bits per heavy atom. The van der Waals surface area contributed by atoms with Crippen molar-refractivity contribution >= 4 is 0 Å². The van der Waals surface area contributed by atoms with Crippen LogP contribution in [0.25, 0.3) is 11.1 Å². The van der Waals surface area contributed by atoms with E-state index in [1.54, 1.807) is 0 Å². The summed E-state index contributed by atoms with van der Waals surface area (Å²) >= 11 is 0. The van der Waals surface area contributed by atoms with Gasteiger partial charge in [0.2, 0.25) is 0 Å². The van der Waals surface area contributed by atoms with Crippen LogP contribution >= 0.6 is 0 Å². The average molecular weight is 285 g/mol. The van der Waals surface area contributed by atoms with Crippen LogP contribution in [-0.2, 0) is 13.6 Å². The first kappa shape index (κ1) is 15.8. The van der Waals surface area contributed by atoms with E-state index in [0.717, 1.165) is 13.1 Å². The molecule has 0 unspecified atom stereocenters. The molecule has 2 rings (SSSR count). The molecule has 0 aliphatic carbocycles. The van der Waals surface area contributed by atoms with Crippen LogP contribution in [0.4, 0.5) is 0 Å². The lowest BCUT2D eigenvalue weighted by Crippen LogP contribution is -2.13. The standard InChI is InChI=1S/C18H27N3/c1-6-9-19-11-15-7-8-16(14(4)10-15)17-12-21(5)20-18(17)13(2)3/h7-8,10,12-13,19H,6,9,11H2,1-5H3. The van der Waals surface area contributed by atoms with Gasteiger partial charge in [-0.25, -0.2) is 0 Å². The zero-order valence-corrected chi connectivity index (χ0v) is 13.9. The Morgan fingerprint density at radius 3 is 2.62 bits per heavy atom. The second-order valence-electron chi connectivity index (χ2n) is 6.08. The van der Waals surface area contributed by atoms with Gasteiger partial charge in [0.15, 0.2) is 0 Å². The molecule has 0 saturated heterocycles. The molecule has 0 saturated carbocycles. The lowest BCUT2D eigenvalue weighted by molar-refractivity contribution is 0.675. The zero-order chi connectivity index (χ0) is 15.4. The van der Waals surface area contributed by atoms with E-state index in [1.165, 1.54) is 34.4 Å². The number of aromatic nitrogens is 2. The fourth-order valence-corrected chi connectivity index (χ4v) is 2.69. The molecule has 0 aliphatic rings. The number of hydrogen-bond donors (Lipinski definition) is 1. The van der Waals surface area contributed by atoms with Crippen LogP contribution in [0.15, 0.2) is 24.4 Å². The highest BCUT2D eigenvalue weighted by atomic mass is 15.3. The minimum absolute atomic E-state index is 0.437. The Labute approximate surface area is 128 Å². The third-order valence-electron chi connectivity index (χ3n) is 3.74. The second-order valence-corrected chi connectivity index (χ2v) is 6.08. The molecular formula is C18H27N3. The van der Waals surface area contributed by atoms with Crippen LogP contribution in [0.3, 0.4) is 0 Å². The Balaban J connectivity index is 2.29. The monoisotopic (exact) mass is 285 g/mol. The summed E-state index contributed by atoms with van der Waals surface area (Å²) in [7, 11) is 1.99. The molecule has 1 aromatic carbocycles. The molecule has 3 heteroatoms. The van der Waals surface area contributed by atoms with E-state index in [2.05, 4.69) is 62.5 Å². The topological polar surface area (TPSA) is 29.9 Å². The summed E-state index contributed by atoms with van der Waals surface area (Å²) < 4.78 is 1.92. The van der Waals surface area contributed by atoms with E-state index in [4.69, 9.17) is 0 Å². The van der Waals surface area contributed by atoms with Gasteiger partial charge in [0.05, 0.1) is 5.69 Å². The van der Waals surface area contributed by atoms with Crippen molar-refractivity contribution in [3.8, 4) is 11.1 Å². The Kier molecular flexibility index (Phi) is 5.18. The maximum absolute atomic E-state index is 4.62. The normalized spacial score (nSPS) is 11.3. The van der Waals surface area contributed by atoms with Crippen molar-refractivity contribution in [3.63, 3.8) is 0 Å². The van der Waals surface area contributed by atoms with E-state index in [1.807, 2.05) is 11.7 Å². The van der Waals surface area contributed by atoms with E-state index in [-0.39, 0.29) is 0 Å². The minimum atomic E-state index is 0.437. The van der Waals surface area contributed by atoms with Crippen molar-refractivity contribution in [3.05, 3.63) is 41.2 Å². The van der Waals surface area contributed by atoms with Gasteiger partial charge >= 0.3 is 0 Å². The molecule has 0 amide bonds. The Bertz CT molecular complexity index is 597. The zero-order valence-electron chi connectivity index (χ0n) is 13.9. The molecule has 0 spiro atoms. The lowest BCUT2D eigenvalue weighted by atomic mass is 9.95. The summed E-state index contributed by atoms with van der Waals surface area (Å²) in [5, 5.41) is 8.07. The predicted molar refractivity (Wildman–Crippen MR) is 89.5 cm³/mol. The summed E-state index contributed by atoms with van der Waals surface area (Å²) in [6.45, 7) is 10.8. The summed E-state index contributed by atoms with van der Waals surface area (Å²) in [5.74, 6) is 0.437. The molecule has 2 aromatic rings. The van der Waals surface area contributed by atoms with Crippen molar-refractivity contribution in [2.75, 3.05) is 6.54 Å². The number of benzene rings is 1. The molecular weight excluding hydrogens is 258 g/mol. The first-order chi connectivity index (χ1) is 10.0. The van der Waals surface area contributed by atoms with E-state index < -0.39 is 0 Å². The first-order valence-electron chi connectivity index (χ1n) is 7.87. The number of rotatable bonds is 6. The SMILES string of the molecule is CCCNCc1ccc(-c2cn(C)nc2C(C)C)c(C)c1. The smallest absolute Gasteiger partial charge is 0.0728 e. The van der Waals surface area contributed by atoms with Crippen molar-refractivity contribution in [2.24, 2.45) is 7.05 Å². The van der Waals surface area contributed by atoms with Gasteiger partial charge in [0.25, 0.3) is 0 Å². The minimum Gasteiger partial charge on any atom is -0.313 e. The van der Waals surface area contributed by atoms with Crippen LogP contribution in [0.1, 0.15) is 49.9 Å². The molecule has 114 valence electrons. The first-order valence-corrected chi connectivity index (χ1v) is 7.87. The summed E-state index contributed by atoms with van der Waals surface area (Å²) in [4.78, 5) is 0. The van der Waals surface area contributed by atoms with Gasteiger partial charge in [0, 0.05) is 25.4 Å². The fourth-order valence-electron chi connectivity index (χ4n) is 2.69. The van der Waals surface area contributed by atoms with Crippen molar-refractivity contribution in [1.82, 2.24) is 15.1 Å². The molecule has 1 heterocycles. The van der Waals surface area contributed by atoms with Crippen LogP contribution in [0.5, 0.6) is 0 Å². The van der Waals surface area contributed by atoms with Gasteiger partial charge in [-0.05, 0) is 42.5 Å². The van der Waals surface area contributed by atoms with Gasteiger partial charge in [-0.3, -0.25) is 4.68 Å². The largest absolute Gasteiger partial charge is 0.313 e. The van der Waals surface area contributed by atoms with Gasteiger partial charge in [-0.2, -0.15) is 5.10 Å². The van der Waals surface area contributed by atoms with E-state index in [0.29, 0.717) is 5.92 Å². The van der Waals surface area contributed by atoms with Crippen molar-refractivity contribution in [1.29, 1.82) is 0 Å². The number of nitrogens with one attached hydrogen (secondary N) is 1. The Hall–Kier alpha value is -1.61. The highest BCUT2D eigenvalue weighted by molar-refractivity contribution is 5.69. The molecule has 1 aromatic heterocycles. The van der Waals surface area contributed by atoms with Crippen LogP contribution in [0, 0.1) is 6.92 Å². The molecule has 0 radical (unpaired) electrons. The highest BCUT2D eigenvalue weighted by Crippen LogP contribution is 2.30. The molecule has 0 aliphatic heterocycles.